The lowest BCUT2D eigenvalue weighted by atomic mass is 9.82. The van der Waals surface area contributed by atoms with E-state index in [9.17, 15) is 0 Å². The first-order chi connectivity index (χ1) is 9.41. The fraction of sp³-hybridized carbons (Fsp3) is 0.667. The Bertz CT molecular complexity index is 416. The third-order valence-electron chi connectivity index (χ3n) is 4.73. The molecule has 0 amide bonds. The molecule has 1 aromatic carbocycles. The Balaban J connectivity index is 2.07. The summed E-state index contributed by atoms with van der Waals surface area (Å²) in [6.07, 6.45) is 3.81. The zero-order valence-corrected chi connectivity index (χ0v) is 13.4. The summed E-state index contributed by atoms with van der Waals surface area (Å²) in [6.45, 7) is 10.2. The molecule has 0 radical (unpaired) electrons. The highest BCUT2D eigenvalue weighted by molar-refractivity contribution is 5.29. The van der Waals surface area contributed by atoms with Crippen LogP contribution in [0.4, 0.5) is 0 Å². The quantitative estimate of drug-likeness (QED) is 0.877. The van der Waals surface area contributed by atoms with Gasteiger partial charge in [-0.05, 0) is 54.2 Å². The van der Waals surface area contributed by atoms with Gasteiger partial charge in [-0.3, -0.25) is 0 Å². The Morgan fingerprint density at radius 3 is 2.35 bits per heavy atom. The predicted molar refractivity (Wildman–Crippen MR) is 86.9 cm³/mol. The van der Waals surface area contributed by atoms with E-state index in [1.54, 1.807) is 0 Å². The van der Waals surface area contributed by atoms with Gasteiger partial charge in [-0.1, -0.05) is 52.0 Å². The van der Waals surface area contributed by atoms with E-state index in [0.717, 1.165) is 6.54 Å². The molecule has 2 nitrogen and oxygen atoms in total. The number of hydrogen-bond acceptors (Lipinski definition) is 2. The van der Waals surface area contributed by atoms with Crippen molar-refractivity contribution < 1.29 is 0 Å². The van der Waals surface area contributed by atoms with E-state index in [0.29, 0.717) is 11.8 Å². The number of hydrogen-bond donors (Lipinski definition) is 2. The summed E-state index contributed by atoms with van der Waals surface area (Å²) in [7, 11) is 0. The molecule has 3 atom stereocenters. The molecule has 0 spiro atoms. The molecule has 3 N–H and O–H groups in total. The Hall–Kier alpha value is -0.860. The number of nitrogens with one attached hydrogen (secondary N) is 1. The molecule has 2 heteroatoms. The lowest BCUT2D eigenvalue weighted by Crippen LogP contribution is -2.36. The summed E-state index contributed by atoms with van der Waals surface area (Å²) < 4.78 is 0. The maximum absolute atomic E-state index is 6.13. The molecule has 1 fully saturated rings. The van der Waals surface area contributed by atoms with Gasteiger partial charge in [0.15, 0.2) is 0 Å². The van der Waals surface area contributed by atoms with Gasteiger partial charge in [-0.15, -0.1) is 0 Å². The van der Waals surface area contributed by atoms with E-state index in [1.807, 2.05) is 0 Å². The Morgan fingerprint density at radius 1 is 1.25 bits per heavy atom. The van der Waals surface area contributed by atoms with Gasteiger partial charge in [-0.25, -0.2) is 0 Å². The van der Waals surface area contributed by atoms with Crippen LogP contribution in [0, 0.1) is 5.92 Å². The minimum Gasteiger partial charge on any atom is -0.316 e. The van der Waals surface area contributed by atoms with Crippen LogP contribution in [0.1, 0.15) is 64.0 Å². The molecule has 1 saturated heterocycles. The predicted octanol–water partition coefficient (Wildman–Crippen LogP) is 3.76. The number of nitrogens with two attached hydrogens (primary N) is 1. The van der Waals surface area contributed by atoms with E-state index in [4.69, 9.17) is 5.73 Å². The third kappa shape index (κ3) is 3.62. The lowest BCUT2D eigenvalue weighted by molar-refractivity contribution is 0.387. The first kappa shape index (κ1) is 15.5. The molecule has 1 aromatic rings. The second-order valence-electron chi connectivity index (χ2n) is 7.24. The van der Waals surface area contributed by atoms with Crippen molar-refractivity contribution in [3.8, 4) is 0 Å². The SMILES string of the molecule is CCC(CC1CCNC1N)c1ccc(C(C)(C)C)cc1. The van der Waals surface area contributed by atoms with Crippen molar-refractivity contribution in [3.63, 3.8) is 0 Å². The average molecular weight is 274 g/mol. The standard InChI is InChI=1S/C18H30N2/c1-5-13(12-15-10-11-20-17(15)19)14-6-8-16(9-7-14)18(2,3)4/h6-9,13,15,17,20H,5,10-12,19H2,1-4H3. The monoisotopic (exact) mass is 274 g/mol. The maximum atomic E-state index is 6.13. The molecule has 20 heavy (non-hydrogen) atoms. The van der Waals surface area contributed by atoms with Crippen molar-refractivity contribution in [2.24, 2.45) is 11.7 Å². The highest BCUT2D eigenvalue weighted by Gasteiger charge is 2.26. The largest absolute Gasteiger partial charge is 0.316 e. The van der Waals surface area contributed by atoms with Crippen LogP contribution in [-0.2, 0) is 5.41 Å². The van der Waals surface area contributed by atoms with Gasteiger partial charge in [0.1, 0.15) is 0 Å². The fourth-order valence-electron chi connectivity index (χ4n) is 3.21. The molecule has 0 saturated carbocycles. The van der Waals surface area contributed by atoms with Crippen LogP contribution in [0.2, 0.25) is 0 Å². The molecule has 1 aliphatic rings. The zero-order valence-electron chi connectivity index (χ0n) is 13.4. The Labute approximate surface area is 124 Å². The van der Waals surface area contributed by atoms with Crippen LogP contribution >= 0.6 is 0 Å². The molecule has 2 rings (SSSR count). The minimum absolute atomic E-state index is 0.192. The van der Waals surface area contributed by atoms with E-state index >= 15 is 0 Å². The normalized spacial score (nSPS) is 24.9. The van der Waals surface area contributed by atoms with Crippen molar-refractivity contribution in [2.45, 2.75) is 64.5 Å². The van der Waals surface area contributed by atoms with Gasteiger partial charge in [-0.2, -0.15) is 0 Å². The maximum Gasteiger partial charge on any atom is 0.0576 e. The molecule has 0 aromatic heterocycles. The van der Waals surface area contributed by atoms with Crippen molar-refractivity contribution in [1.82, 2.24) is 5.32 Å². The van der Waals surface area contributed by atoms with E-state index in [1.165, 1.54) is 30.4 Å². The van der Waals surface area contributed by atoms with Crippen molar-refractivity contribution in [2.75, 3.05) is 6.54 Å². The third-order valence-corrected chi connectivity index (χ3v) is 4.73. The molecule has 112 valence electrons. The van der Waals surface area contributed by atoms with Gasteiger partial charge >= 0.3 is 0 Å². The second kappa shape index (κ2) is 6.28. The summed E-state index contributed by atoms with van der Waals surface area (Å²) >= 11 is 0. The summed E-state index contributed by atoms with van der Waals surface area (Å²) in [5.74, 6) is 1.27. The first-order valence-corrected chi connectivity index (χ1v) is 8.01. The van der Waals surface area contributed by atoms with Crippen LogP contribution in [0.25, 0.3) is 0 Å². The summed E-state index contributed by atoms with van der Waals surface area (Å²) in [5, 5.41) is 3.36. The van der Waals surface area contributed by atoms with Gasteiger partial charge in [0.05, 0.1) is 6.17 Å². The first-order valence-electron chi connectivity index (χ1n) is 8.01. The minimum atomic E-state index is 0.192. The lowest BCUT2D eigenvalue weighted by Gasteiger charge is -2.24. The van der Waals surface area contributed by atoms with Gasteiger partial charge in [0.2, 0.25) is 0 Å². The number of benzene rings is 1. The highest BCUT2D eigenvalue weighted by atomic mass is 15.1. The van der Waals surface area contributed by atoms with Crippen molar-refractivity contribution >= 4 is 0 Å². The molecule has 0 bridgehead atoms. The molecular weight excluding hydrogens is 244 g/mol. The molecule has 3 unspecified atom stereocenters. The zero-order chi connectivity index (χ0) is 14.8. The summed E-state index contributed by atoms with van der Waals surface area (Å²) in [4.78, 5) is 0. The van der Waals surface area contributed by atoms with Crippen LogP contribution < -0.4 is 11.1 Å². The van der Waals surface area contributed by atoms with Crippen molar-refractivity contribution in [3.05, 3.63) is 35.4 Å². The van der Waals surface area contributed by atoms with E-state index in [2.05, 4.69) is 57.3 Å². The summed E-state index contributed by atoms with van der Waals surface area (Å²) in [6, 6.07) is 9.24. The Kier molecular flexibility index (Phi) is 4.87. The second-order valence-corrected chi connectivity index (χ2v) is 7.24. The topological polar surface area (TPSA) is 38.0 Å². The van der Waals surface area contributed by atoms with Crippen LogP contribution in [0.5, 0.6) is 0 Å². The van der Waals surface area contributed by atoms with E-state index < -0.39 is 0 Å². The molecule has 1 aliphatic heterocycles. The molecule has 0 aliphatic carbocycles. The van der Waals surface area contributed by atoms with Gasteiger partial charge in [0, 0.05) is 0 Å². The van der Waals surface area contributed by atoms with E-state index in [-0.39, 0.29) is 11.6 Å². The molecular formula is C18H30N2. The van der Waals surface area contributed by atoms with Crippen LogP contribution in [0.15, 0.2) is 24.3 Å². The highest BCUT2D eigenvalue weighted by Crippen LogP contribution is 2.32. The average Bonchev–Trinajstić information content (AvgIpc) is 2.80. The Morgan fingerprint density at radius 2 is 1.90 bits per heavy atom. The fourth-order valence-corrected chi connectivity index (χ4v) is 3.21. The van der Waals surface area contributed by atoms with Gasteiger partial charge in [0.25, 0.3) is 0 Å². The van der Waals surface area contributed by atoms with Gasteiger partial charge < -0.3 is 11.1 Å². The molecule has 1 heterocycles. The van der Waals surface area contributed by atoms with Crippen LogP contribution in [0.3, 0.4) is 0 Å². The summed E-state index contributed by atoms with van der Waals surface area (Å²) in [5.41, 5.74) is 9.25. The smallest absolute Gasteiger partial charge is 0.0576 e. The van der Waals surface area contributed by atoms with Crippen molar-refractivity contribution in [1.29, 1.82) is 0 Å². The number of rotatable bonds is 4. The van der Waals surface area contributed by atoms with Crippen LogP contribution in [-0.4, -0.2) is 12.7 Å².